The zero-order valence-electron chi connectivity index (χ0n) is 13.8. The number of benzene rings is 2. The van der Waals surface area contributed by atoms with Crippen molar-refractivity contribution in [2.75, 3.05) is 0 Å². The minimum Gasteiger partial charge on any atom is -0.294 e. The van der Waals surface area contributed by atoms with Crippen LogP contribution in [0.1, 0.15) is 31.7 Å². The van der Waals surface area contributed by atoms with Crippen LogP contribution in [0, 0.1) is 5.92 Å². The maximum Gasteiger partial charge on any atom is 0.161 e. The fraction of sp³-hybridized carbons (Fsp3) is 0.238. The van der Waals surface area contributed by atoms with Crippen LogP contribution < -0.4 is 5.43 Å². The number of nitrogens with one attached hydrogen (secondary N) is 1. The van der Waals surface area contributed by atoms with E-state index in [9.17, 15) is 4.79 Å². The van der Waals surface area contributed by atoms with Crippen molar-refractivity contribution in [1.82, 2.24) is 5.43 Å². The first-order valence-corrected chi connectivity index (χ1v) is 8.44. The van der Waals surface area contributed by atoms with Gasteiger partial charge in [-0.15, -0.1) is 0 Å². The third-order valence-corrected chi connectivity index (χ3v) is 4.78. The van der Waals surface area contributed by atoms with E-state index in [0.29, 0.717) is 18.8 Å². The van der Waals surface area contributed by atoms with Gasteiger partial charge in [0.1, 0.15) is 0 Å². The second-order valence-electron chi connectivity index (χ2n) is 6.68. The molecule has 1 aliphatic carbocycles. The van der Waals surface area contributed by atoms with Crippen LogP contribution in [0.4, 0.5) is 0 Å². The van der Waals surface area contributed by atoms with E-state index in [1.807, 2.05) is 18.2 Å². The Morgan fingerprint density at radius 2 is 1.58 bits per heavy atom. The van der Waals surface area contributed by atoms with Crippen LogP contribution in [0.25, 0.3) is 11.1 Å². The number of rotatable bonds is 2. The van der Waals surface area contributed by atoms with Crippen LogP contribution in [0.2, 0.25) is 0 Å². The van der Waals surface area contributed by atoms with Gasteiger partial charge < -0.3 is 0 Å². The van der Waals surface area contributed by atoms with Gasteiger partial charge in [0, 0.05) is 24.1 Å². The highest BCUT2D eigenvalue weighted by molar-refractivity contribution is 6.09. The summed E-state index contributed by atoms with van der Waals surface area (Å²) in [7, 11) is 0. The van der Waals surface area contributed by atoms with Gasteiger partial charge in [0.05, 0.1) is 5.71 Å². The second kappa shape index (κ2) is 6.08. The first-order valence-electron chi connectivity index (χ1n) is 8.44. The molecule has 0 saturated carbocycles. The highest BCUT2D eigenvalue weighted by atomic mass is 16.1. The number of Topliss-reactive ketones (excluding diaryl/α,β-unsaturated/α-hetero) is 1. The van der Waals surface area contributed by atoms with Crippen LogP contribution in [0.3, 0.4) is 0 Å². The van der Waals surface area contributed by atoms with Gasteiger partial charge in [0.25, 0.3) is 0 Å². The van der Waals surface area contributed by atoms with Crippen molar-refractivity contribution in [1.29, 1.82) is 0 Å². The van der Waals surface area contributed by atoms with Gasteiger partial charge in [-0.2, -0.15) is 5.10 Å². The van der Waals surface area contributed by atoms with E-state index in [1.54, 1.807) is 0 Å². The lowest BCUT2D eigenvalue weighted by molar-refractivity contribution is -0.117. The fourth-order valence-corrected chi connectivity index (χ4v) is 3.46. The molecule has 1 N–H and O–H groups in total. The van der Waals surface area contributed by atoms with Crippen molar-refractivity contribution < 1.29 is 4.79 Å². The molecule has 2 aromatic carbocycles. The predicted octanol–water partition coefficient (Wildman–Crippen LogP) is 4.30. The third kappa shape index (κ3) is 2.78. The average molecular weight is 316 g/mol. The lowest BCUT2D eigenvalue weighted by Gasteiger charge is -2.27. The Balaban J connectivity index is 1.56. The number of ketones is 1. The Morgan fingerprint density at radius 1 is 0.917 bits per heavy atom. The normalized spacial score (nSPS) is 20.3. The lowest BCUT2D eigenvalue weighted by atomic mass is 9.84. The Bertz CT molecular complexity index is 832. The highest BCUT2D eigenvalue weighted by Gasteiger charge is 2.28. The summed E-state index contributed by atoms with van der Waals surface area (Å²) in [5.74, 6) is 0.676. The Labute approximate surface area is 142 Å². The zero-order chi connectivity index (χ0) is 16.5. The molecule has 0 unspecified atom stereocenters. The van der Waals surface area contributed by atoms with Crippen LogP contribution in [0.15, 0.2) is 71.0 Å². The number of nitrogens with zero attached hydrogens (tertiary/aromatic N) is 1. The van der Waals surface area contributed by atoms with Gasteiger partial charge in [-0.3, -0.25) is 10.2 Å². The van der Waals surface area contributed by atoms with Gasteiger partial charge in [0.2, 0.25) is 0 Å². The quantitative estimate of drug-likeness (QED) is 0.897. The molecule has 0 amide bonds. The minimum atomic E-state index is 0.268. The molecule has 0 radical (unpaired) electrons. The second-order valence-corrected chi connectivity index (χ2v) is 6.68. The summed E-state index contributed by atoms with van der Waals surface area (Å²) < 4.78 is 0. The number of hydrazone groups is 1. The molecular weight excluding hydrogens is 296 g/mol. The molecule has 120 valence electrons. The summed E-state index contributed by atoms with van der Waals surface area (Å²) in [4.78, 5) is 12.3. The molecule has 3 heteroatoms. The Kier molecular flexibility index (Phi) is 3.77. The minimum absolute atomic E-state index is 0.268. The topological polar surface area (TPSA) is 41.5 Å². The average Bonchev–Trinajstić information content (AvgIpc) is 2.62. The lowest BCUT2D eigenvalue weighted by Crippen LogP contribution is -2.29. The number of carbonyl (C=O) groups excluding carboxylic acids is 1. The van der Waals surface area contributed by atoms with Crippen LogP contribution >= 0.6 is 0 Å². The number of carbonyl (C=O) groups is 1. The van der Waals surface area contributed by atoms with Crippen molar-refractivity contribution in [3.05, 3.63) is 71.4 Å². The molecule has 0 bridgehead atoms. The van der Waals surface area contributed by atoms with E-state index < -0.39 is 0 Å². The molecule has 2 aliphatic rings. The van der Waals surface area contributed by atoms with Crippen molar-refractivity contribution in [3.63, 3.8) is 0 Å². The van der Waals surface area contributed by atoms with Crippen molar-refractivity contribution in [2.45, 2.75) is 26.2 Å². The van der Waals surface area contributed by atoms with Gasteiger partial charge in [-0.25, -0.2) is 0 Å². The summed E-state index contributed by atoms with van der Waals surface area (Å²) in [6.07, 6.45) is 2.21. The van der Waals surface area contributed by atoms with E-state index in [0.717, 1.165) is 29.0 Å². The van der Waals surface area contributed by atoms with Crippen LogP contribution in [-0.2, 0) is 4.79 Å². The first-order chi connectivity index (χ1) is 11.7. The molecule has 1 heterocycles. The summed E-state index contributed by atoms with van der Waals surface area (Å²) in [5.41, 5.74) is 9.46. The number of hydrogen-bond acceptors (Lipinski definition) is 3. The van der Waals surface area contributed by atoms with Gasteiger partial charge >= 0.3 is 0 Å². The van der Waals surface area contributed by atoms with Crippen molar-refractivity contribution in [2.24, 2.45) is 11.0 Å². The van der Waals surface area contributed by atoms with Crippen molar-refractivity contribution >= 4 is 11.5 Å². The first kappa shape index (κ1) is 14.9. The largest absolute Gasteiger partial charge is 0.294 e. The van der Waals surface area contributed by atoms with Crippen LogP contribution in [-0.4, -0.2) is 11.5 Å². The smallest absolute Gasteiger partial charge is 0.161 e. The molecule has 1 aliphatic heterocycles. The van der Waals surface area contributed by atoms with E-state index in [2.05, 4.69) is 53.8 Å². The highest BCUT2D eigenvalue weighted by Crippen LogP contribution is 2.30. The predicted molar refractivity (Wildman–Crippen MR) is 96.6 cm³/mol. The Morgan fingerprint density at radius 3 is 2.33 bits per heavy atom. The van der Waals surface area contributed by atoms with E-state index in [-0.39, 0.29) is 5.78 Å². The molecule has 3 nitrogen and oxygen atoms in total. The number of hydrogen-bond donors (Lipinski definition) is 1. The molecular formula is C21H20N2O. The van der Waals surface area contributed by atoms with Gasteiger partial charge in [-0.1, -0.05) is 61.5 Å². The SMILES string of the molecule is C[C@@H]1CC(=O)C2=C(C1)NN=C(c1ccc(-c3ccccc3)cc1)C2. The molecule has 2 aromatic rings. The van der Waals surface area contributed by atoms with E-state index >= 15 is 0 Å². The van der Waals surface area contributed by atoms with E-state index in [4.69, 9.17) is 0 Å². The Hall–Kier alpha value is -2.68. The van der Waals surface area contributed by atoms with Crippen molar-refractivity contribution in [3.8, 4) is 11.1 Å². The van der Waals surface area contributed by atoms with Gasteiger partial charge in [0.15, 0.2) is 5.78 Å². The molecule has 1 atom stereocenters. The molecule has 0 saturated heterocycles. The molecule has 24 heavy (non-hydrogen) atoms. The maximum absolute atomic E-state index is 12.3. The zero-order valence-corrected chi connectivity index (χ0v) is 13.8. The maximum atomic E-state index is 12.3. The van der Waals surface area contributed by atoms with Crippen LogP contribution in [0.5, 0.6) is 0 Å². The standard InChI is InChI=1S/C21H20N2O/c1-14-11-20-18(21(24)12-14)13-19(22-23-20)17-9-7-16(8-10-17)15-5-3-2-4-6-15/h2-10,14,23H,11-13H2,1H3/t14-/m0/s1. The molecule has 0 aromatic heterocycles. The summed E-state index contributed by atoms with van der Waals surface area (Å²) in [5, 5.41) is 4.51. The molecule has 4 rings (SSSR count). The summed E-state index contributed by atoms with van der Waals surface area (Å²) >= 11 is 0. The molecule has 0 spiro atoms. The summed E-state index contributed by atoms with van der Waals surface area (Å²) in [6, 6.07) is 18.7. The monoisotopic (exact) mass is 316 g/mol. The number of allylic oxidation sites excluding steroid dienone is 2. The van der Waals surface area contributed by atoms with E-state index in [1.165, 1.54) is 11.1 Å². The third-order valence-electron chi connectivity index (χ3n) is 4.78. The molecule has 0 fully saturated rings. The van der Waals surface area contributed by atoms with Gasteiger partial charge in [-0.05, 0) is 29.0 Å². The summed E-state index contributed by atoms with van der Waals surface area (Å²) in [6.45, 7) is 2.12. The fourth-order valence-electron chi connectivity index (χ4n) is 3.46.